The number of nitrogens with zero attached hydrogens (tertiary/aromatic N) is 3. The molecule has 29 heavy (non-hydrogen) atoms. The molecule has 0 bridgehead atoms. The molecule has 12 heteroatoms. The van der Waals surface area contributed by atoms with Crippen molar-refractivity contribution >= 4 is 30.1 Å². The lowest BCUT2D eigenvalue weighted by atomic mass is 10.2. The molecule has 0 unspecified atom stereocenters. The molecule has 0 radical (unpaired) electrons. The Labute approximate surface area is 166 Å². The van der Waals surface area contributed by atoms with E-state index in [0.29, 0.717) is 12.2 Å². The molecule has 0 aliphatic heterocycles. The van der Waals surface area contributed by atoms with Crippen molar-refractivity contribution in [3.63, 3.8) is 0 Å². The highest BCUT2D eigenvalue weighted by Gasteiger charge is 2.25. The Hall–Kier alpha value is -3.57. The molecule has 2 amide bonds. The van der Waals surface area contributed by atoms with Crippen LogP contribution in [0.2, 0.25) is 0 Å². The van der Waals surface area contributed by atoms with Crippen LogP contribution < -0.4 is 4.90 Å². The van der Waals surface area contributed by atoms with E-state index < -0.39 is 29.9 Å². The fourth-order valence-corrected chi connectivity index (χ4v) is 2.03. The highest BCUT2D eigenvalue weighted by Crippen LogP contribution is 2.17. The Morgan fingerprint density at radius 1 is 1.03 bits per heavy atom. The average molecular weight is 413 g/mol. The third-order valence-electron chi connectivity index (χ3n) is 3.09. The first-order valence-corrected chi connectivity index (χ1v) is 8.56. The van der Waals surface area contributed by atoms with E-state index >= 15 is 0 Å². The second-order valence-corrected chi connectivity index (χ2v) is 6.64. The zero-order valence-electron chi connectivity index (χ0n) is 16.2. The second-order valence-electron chi connectivity index (χ2n) is 6.64. The number of hydrogen-bond donors (Lipinski definition) is 2. The van der Waals surface area contributed by atoms with Crippen LogP contribution in [0.4, 0.5) is 20.2 Å². The van der Waals surface area contributed by atoms with Crippen molar-refractivity contribution < 1.29 is 43.8 Å². The van der Waals surface area contributed by atoms with Crippen LogP contribution in [0, 0.1) is 0 Å². The maximum atomic E-state index is 12.5. The molecule has 0 aromatic carbocycles. The predicted octanol–water partition coefficient (Wildman–Crippen LogP) is 3.04. The number of pyridine rings is 1. The van der Waals surface area contributed by atoms with Gasteiger partial charge >= 0.3 is 18.4 Å². The fraction of sp³-hybridized carbons (Fsp3) is 0.471. The summed E-state index contributed by atoms with van der Waals surface area (Å²) in [5, 5.41) is 16.8. The lowest BCUT2D eigenvalue weighted by molar-refractivity contribution is -0.290. The van der Waals surface area contributed by atoms with Crippen LogP contribution >= 0.6 is 0 Å². The highest BCUT2D eigenvalue weighted by molar-refractivity contribution is 5.86. The van der Waals surface area contributed by atoms with Gasteiger partial charge in [-0.1, -0.05) is 6.07 Å². The van der Waals surface area contributed by atoms with E-state index in [-0.39, 0.29) is 24.6 Å². The number of hydroxylamine groups is 2. The molecule has 0 spiro atoms. The molecular weight excluding hydrogens is 390 g/mol. The number of rotatable bonds is 6. The molecule has 0 aliphatic carbocycles. The third-order valence-corrected chi connectivity index (χ3v) is 3.09. The maximum absolute atomic E-state index is 12.5. The smallest absolute Gasteiger partial charge is 0.448 e. The van der Waals surface area contributed by atoms with Gasteiger partial charge in [0.2, 0.25) is 0 Å². The predicted molar refractivity (Wildman–Crippen MR) is 96.7 cm³/mol. The van der Waals surface area contributed by atoms with Gasteiger partial charge in [-0.15, -0.1) is 0 Å². The molecule has 1 aromatic rings. The Morgan fingerprint density at radius 2 is 1.66 bits per heavy atom. The van der Waals surface area contributed by atoms with E-state index in [1.54, 1.807) is 39.0 Å². The minimum Gasteiger partial charge on any atom is -0.448 e. The number of carbonyl (C=O) groups excluding carboxylic acids is 2. The van der Waals surface area contributed by atoms with Gasteiger partial charge in [0.25, 0.3) is 5.91 Å². The van der Waals surface area contributed by atoms with Gasteiger partial charge in [0.1, 0.15) is 11.4 Å². The fourth-order valence-electron chi connectivity index (χ4n) is 2.03. The normalized spacial score (nSPS) is 10.6. The summed E-state index contributed by atoms with van der Waals surface area (Å²) in [6.45, 7) is 5.32. The highest BCUT2D eigenvalue weighted by atomic mass is 17.0. The summed E-state index contributed by atoms with van der Waals surface area (Å²) in [6, 6.07) is 5.01. The number of carboxylic acid groups (broad SMARTS) is 2. The minimum atomic E-state index is -1.91. The maximum Gasteiger partial charge on any atom is 0.533 e. The molecule has 0 fully saturated rings. The van der Waals surface area contributed by atoms with Gasteiger partial charge in [0.05, 0.1) is 0 Å². The molecule has 0 atom stereocenters. The van der Waals surface area contributed by atoms with Crippen LogP contribution in [0.3, 0.4) is 0 Å². The van der Waals surface area contributed by atoms with Crippen molar-refractivity contribution in [1.82, 2.24) is 10.2 Å². The van der Waals surface area contributed by atoms with Crippen molar-refractivity contribution in [2.24, 2.45) is 0 Å². The lowest BCUT2D eigenvalue weighted by Crippen LogP contribution is -2.38. The van der Waals surface area contributed by atoms with Gasteiger partial charge in [-0.05, 0) is 45.7 Å². The standard InChI is InChI=1S/C17H23N3O9/c1-17(2,3)27-14(22)19(12-8-4-6-10-18-12)11-7-5-9-13(21)20(28-15(23)24)29-16(25)26/h4,6,8,10H,5,7,9,11H2,1-3H3,(H,23,24)(H,25,26). The van der Waals surface area contributed by atoms with Crippen molar-refractivity contribution in [2.75, 3.05) is 11.4 Å². The van der Waals surface area contributed by atoms with Crippen LogP contribution in [0.25, 0.3) is 0 Å². The topological polar surface area (TPSA) is 156 Å². The number of amides is 2. The molecule has 1 aromatic heterocycles. The Morgan fingerprint density at radius 3 is 2.14 bits per heavy atom. The van der Waals surface area contributed by atoms with E-state index in [1.807, 2.05) is 0 Å². The first-order valence-electron chi connectivity index (χ1n) is 8.56. The van der Waals surface area contributed by atoms with E-state index in [9.17, 15) is 19.2 Å². The lowest BCUT2D eigenvalue weighted by Gasteiger charge is -2.26. The molecule has 160 valence electrons. The quantitative estimate of drug-likeness (QED) is 0.525. The van der Waals surface area contributed by atoms with Crippen molar-refractivity contribution in [3.8, 4) is 0 Å². The molecular formula is C17H23N3O9. The number of unbranched alkanes of at least 4 members (excludes halogenated alkanes) is 1. The van der Waals surface area contributed by atoms with Gasteiger partial charge in [-0.25, -0.2) is 19.4 Å². The Bertz CT molecular complexity index is 703. The van der Waals surface area contributed by atoms with E-state index in [2.05, 4.69) is 14.7 Å². The van der Waals surface area contributed by atoms with Crippen LogP contribution in [-0.2, 0) is 19.2 Å². The zero-order chi connectivity index (χ0) is 22.0. The Kier molecular flexibility index (Phi) is 8.65. The van der Waals surface area contributed by atoms with Crippen LogP contribution in [-0.4, -0.2) is 56.9 Å². The first-order chi connectivity index (χ1) is 13.5. The van der Waals surface area contributed by atoms with Gasteiger partial charge in [0.15, 0.2) is 0 Å². The summed E-state index contributed by atoms with van der Waals surface area (Å²) in [5.41, 5.74) is -0.719. The molecule has 0 saturated heterocycles. The number of carbonyl (C=O) groups is 4. The Balaban J connectivity index is 2.68. The number of anilines is 1. The van der Waals surface area contributed by atoms with Crippen LogP contribution in [0.5, 0.6) is 0 Å². The van der Waals surface area contributed by atoms with E-state index in [1.165, 1.54) is 11.1 Å². The summed E-state index contributed by atoms with van der Waals surface area (Å²) >= 11 is 0. The molecule has 1 rings (SSSR count). The summed E-state index contributed by atoms with van der Waals surface area (Å²) in [7, 11) is 0. The zero-order valence-corrected chi connectivity index (χ0v) is 16.2. The van der Waals surface area contributed by atoms with E-state index in [0.717, 1.165) is 0 Å². The third kappa shape index (κ3) is 9.26. The van der Waals surface area contributed by atoms with Crippen LogP contribution in [0.1, 0.15) is 40.0 Å². The van der Waals surface area contributed by atoms with Crippen molar-refractivity contribution in [1.29, 1.82) is 0 Å². The second kappa shape index (κ2) is 10.7. The first kappa shape index (κ1) is 23.5. The van der Waals surface area contributed by atoms with Gasteiger partial charge in [-0.2, -0.15) is 0 Å². The summed E-state index contributed by atoms with van der Waals surface area (Å²) < 4.78 is 5.36. The largest absolute Gasteiger partial charge is 0.533 e. The van der Waals surface area contributed by atoms with Gasteiger partial charge < -0.3 is 14.9 Å². The molecule has 2 N–H and O–H groups in total. The van der Waals surface area contributed by atoms with Crippen molar-refractivity contribution in [2.45, 2.75) is 45.6 Å². The van der Waals surface area contributed by atoms with E-state index in [4.69, 9.17) is 14.9 Å². The monoisotopic (exact) mass is 413 g/mol. The molecule has 12 nitrogen and oxygen atoms in total. The van der Waals surface area contributed by atoms with Crippen molar-refractivity contribution in [3.05, 3.63) is 24.4 Å². The van der Waals surface area contributed by atoms with Crippen LogP contribution in [0.15, 0.2) is 24.4 Å². The summed E-state index contributed by atoms with van der Waals surface area (Å²) in [4.78, 5) is 58.7. The molecule has 0 aliphatic rings. The SMILES string of the molecule is CC(C)(C)OC(=O)N(CCCCC(=O)N(OC(=O)O)OC(=O)O)c1ccccn1. The number of aromatic nitrogens is 1. The van der Waals surface area contributed by atoms with Gasteiger partial charge in [0, 0.05) is 24.4 Å². The number of hydrogen-bond acceptors (Lipinski definition) is 8. The average Bonchev–Trinajstić information content (AvgIpc) is 2.59. The summed E-state index contributed by atoms with van der Waals surface area (Å²) in [6.07, 6.45) is -2.74. The molecule has 0 saturated carbocycles. The molecule has 1 heterocycles. The van der Waals surface area contributed by atoms with Gasteiger partial charge in [-0.3, -0.25) is 19.4 Å². The summed E-state index contributed by atoms with van der Waals surface area (Å²) in [5.74, 6) is -0.658. The minimum absolute atomic E-state index is 0.152. The number of ether oxygens (including phenoxy) is 1.